The lowest BCUT2D eigenvalue weighted by Gasteiger charge is -2.25. The van der Waals surface area contributed by atoms with Gasteiger partial charge >= 0.3 is 0 Å². The van der Waals surface area contributed by atoms with Gasteiger partial charge in [0.2, 0.25) is 5.91 Å². The van der Waals surface area contributed by atoms with E-state index in [9.17, 15) is 9.59 Å². The Morgan fingerprint density at radius 3 is 2.57 bits per heavy atom. The largest absolute Gasteiger partial charge is 0.339 e. The van der Waals surface area contributed by atoms with Crippen molar-refractivity contribution < 1.29 is 9.59 Å². The van der Waals surface area contributed by atoms with Crippen molar-refractivity contribution in [2.24, 2.45) is 5.92 Å². The molecule has 0 aromatic heterocycles. The Kier molecular flexibility index (Phi) is 3.67. The molecule has 0 radical (unpaired) electrons. The standard InChI is InChI=1S/C11H19NO2/c1-8(2)11(14)12-6-4-5-10(12)7-9(3)13/h8,10H,4-7H2,1-3H3/t10-/m0/s1. The molecule has 1 rings (SSSR count). The minimum absolute atomic E-state index is 0.0440. The minimum Gasteiger partial charge on any atom is -0.339 e. The van der Waals surface area contributed by atoms with Crippen LogP contribution in [0.15, 0.2) is 0 Å². The lowest BCUT2D eigenvalue weighted by molar-refractivity contribution is -0.135. The summed E-state index contributed by atoms with van der Waals surface area (Å²) >= 11 is 0. The molecule has 0 unspecified atom stereocenters. The van der Waals surface area contributed by atoms with E-state index in [-0.39, 0.29) is 23.7 Å². The minimum atomic E-state index is 0.0440. The molecule has 1 amide bonds. The van der Waals surface area contributed by atoms with E-state index >= 15 is 0 Å². The summed E-state index contributed by atoms with van der Waals surface area (Å²) in [5.74, 6) is 0.412. The molecule has 1 saturated heterocycles. The highest BCUT2D eigenvalue weighted by molar-refractivity contribution is 5.81. The molecule has 1 atom stereocenters. The van der Waals surface area contributed by atoms with Crippen LogP contribution in [-0.4, -0.2) is 29.2 Å². The number of likely N-dealkylation sites (tertiary alicyclic amines) is 1. The smallest absolute Gasteiger partial charge is 0.225 e. The maximum Gasteiger partial charge on any atom is 0.225 e. The second-order valence-corrected chi connectivity index (χ2v) is 4.39. The second kappa shape index (κ2) is 4.58. The molecule has 0 aromatic rings. The van der Waals surface area contributed by atoms with Crippen molar-refractivity contribution in [1.29, 1.82) is 0 Å². The molecule has 0 aromatic carbocycles. The first-order valence-corrected chi connectivity index (χ1v) is 5.32. The van der Waals surface area contributed by atoms with Crippen LogP contribution in [0.3, 0.4) is 0 Å². The lowest BCUT2D eigenvalue weighted by atomic mass is 10.1. The average molecular weight is 197 g/mol. The van der Waals surface area contributed by atoms with E-state index in [1.165, 1.54) is 0 Å². The highest BCUT2D eigenvalue weighted by Crippen LogP contribution is 2.22. The van der Waals surface area contributed by atoms with Crippen molar-refractivity contribution in [3.8, 4) is 0 Å². The van der Waals surface area contributed by atoms with Crippen LogP contribution >= 0.6 is 0 Å². The Morgan fingerprint density at radius 1 is 1.43 bits per heavy atom. The maximum absolute atomic E-state index is 11.8. The van der Waals surface area contributed by atoms with Crippen LogP contribution in [0.25, 0.3) is 0 Å². The summed E-state index contributed by atoms with van der Waals surface area (Å²) in [5.41, 5.74) is 0. The Morgan fingerprint density at radius 2 is 2.07 bits per heavy atom. The molecule has 80 valence electrons. The van der Waals surface area contributed by atoms with Gasteiger partial charge in [-0.2, -0.15) is 0 Å². The first-order chi connectivity index (χ1) is 6.52. The van der Waals surface area contributed by atoms with Gasteiger partial charge in [-0.25, -0.2) is 0 Å². The van der Waals surface area contributed by atoms with E-state index in [0.717, 1.165) is 19.4 Å². The van der Waals surface area contributed by atoms with E-state index < -0.39 is 0 Å². The first-order valence-electron chi connectivity index (χ1n) is 5.32. The predicted octanol–water partition coefficient (Wildman–Crippen LogP) is 1.61. The van der Waals surface area contributed by atoms with Crippen LogP contribution in [-0.2, 0) is 9.59 Å². The fraction of sp³-hybridized carbons (Fsp3) is 0.818. The van der Waals surface area contributed by atoms with Gasteiger partial charge in [0.05, 0.1) is 0 Å². The van der Waals surface area contributed by atoms with E-state index in [4.69, 9.17) is 0 Å². The summed E-state index contributed by atoms with van der Waals surface area (Å²) in [7, 11) is 0. The third kappa shape index (κ3) is 2.56. The first kappa shape index (κ1) is 11.2. The summed E-state index contributed by atoms with van der Waals surface area (Å²) in [6.45, 7) is 6.24. The van der Waals surface area contributed by atoms with Crippen molar-refractivity contribution in [3.63, 3.8) is 0 Å². The molecule has 1 aliphatic rings. The number of carbonyl (C=O) groups excluding carboxylic acids is 2. The summed E-state index contributed by atoms with van der Waals surface area (Å²) < 4.78 is 0. The molecule has 0 aliphatic carbocycles. The number of nitrogens with zero attached hydrogens (tertiary/aromatic N) is 1. The number of ketones is 1. The van der Waals surface area contributed by atoms with E-state index in [0.29, 0.717) is 6.42 Å². The van der Waals surface area contributed by atoms with Gasteiger partial charge in [0.25, 0.3) is 0 Å². The molecule has 1 aliphatic heterocycles. The summed E-state index contributed by atoms with van der Waals surface area (Å²) in [4.78, 5) is 24.6. The number of hydrogen-bond donors (Lipinski definition) is 0. The van der Waals surface area contributed by atoms with E-state index in [1.54, 1.807) is 6.92 Å². The van der Waals surface area contributed by atoms with Crippen molar-refractivity contribution in [3.05, 3.63) is 0 Å². The summed E-state index contributed by atoms with van der Waals surface area (Å²) in [6.07, 6.45) is 2.55. The zero-order valence-corrected chi connectivity index (χ0v) is 9.25. The van der Waals surface area contributed by atoms with Gasteiger partial charge in [0.1, 0.15) is 5.78 Å². The quantitative estimate of drug-likeness (QED) is 0.689. The molecular weight excluding hydrogens is 178 g/mol. The molecule has 0 spiro atoms. The number of amides is 1. The molecule has 1 fully saturated rings. The van der Waals surface area contributed by atoms with Crippen LogP contribution in [0.1, 0.15) is 40.0 Å². The molecular formula is C11H19NO2. The van der Waals surface area contributed by atoms with Crippen molar-refractivity contribution in [2.45, 2.75) is 46.1 Å². The Bertz CT molecular complexity index is 235. The summed E-state index contributed by atoms with van der Waals surface area (Å²) in [6, 6.07) is 0.169. The molecule has 1 heterocycles. The maximum atomic E-state index is 11.8. The molecule has 0 saturated carbocycles. The topological polar surface area (TPSA) is 37.4 Å². The average Bonchev–Trinajstić information content (AvgIpc) is 2.49. The van der Waals surface area contributed by atoms with Crippen LogP contribution in [0.2, 0.25) is 0 Å². The second-order valence-electron chi connectivity index (χ2n) is 4.39. The van der Waals surface area contributed by atoms with Gasteiger partial charge in [-0.15, -0.1) is 0 Å². The van der Waals surface area contributed by atoms with Gasteiger partial charge in [-0.05, 0) is 19.8 Å². The zero-order valence-electron chi connectivity index (χ0n) is 9.25. The van der Waals surface area contributed by atoms with E-state index in [2.05, 4.69) is 0 Å². The van der Waals surface area contributed by atoms with E-state index in [1.807, 2.05) is 18.7 Å². The van der Waals surface area contributed by atoms with Crippen molar-refractivity contribution in [2.75, 3.05) is 6.54 Å². The molecule has 3 heteroatoms. The summed E-state index contributed by atoms with van der Waals surface area (Å²) in [5, 5.41) is 0. The number of carbonyl (C=O) groups is 2. The van der Waals surface area contributed by atoms with Gasteiger partial charge < -0.3 is 4.90 Å². The highest BCUT2D eigenvalue weighted by Gasteiger charge is 2.30. The van der Waals surface area contributed by atoms with Crippen LogP contribution in [0, 0.1) is 5.92 Å². The van der Waals surface area contributed by atoms with Gasteiger partial charge in [0, 0.05) is 24.9 Å². The van der Waals surface area contributed by atoms with Crippen LogP contribution < -0.4 is 0 Å². The highest BCUT2D eigenvalue weighted by atomic mass is 16.2. The molecule has 14 heavy (non-hydrogen) atoms. The fourth-order valence-electron chi connectivity index (χ4n) is 2.00. The normalized spacial score (nSPS) is 21.7. The van der Waals surface area contributed by atoms with Gasteiger partial charge in [-0.3, -0.25) is 9.59 Å². The third-order valence-electron chi connectivity index (χ3n) is 2.68. The number of rotatable bonds is 3. The molecule has 0 N–H and O–H groups in total. The number of Topliss-reactive ketones (excluding diaryl/α,β-unsaturated/α-hetero) is 1. The predicted molar refractivity (Wildman–Crippen MR) is 54.9 cm³/mol. The monoisotopic (exact) mass is 197 g/mol. The fourth-order valence-corrected chi connectivity index (χ4v) is 2.00. The van der Waals surface area contributed by atoms with Crippen molar-refractivity contribution in [1.82, 2.24) is 4.90 Å². The Balaban J connectivity index is 2.59. The molecule has 3 nitrogen and oxygen atoms in total. The van der Waals surface area contributed by atoms with Gasteiger partial charge in [0.15, 0.2) is 0 Å². The third-order valence-corrected chi connectivity index (χ3v) is 2.68. The Hall–Kier alpha value is -0.860. The SMILES string of the molecule is CC(=O)C[C@@H]1CCCN1C(=O)C(C)C. The van der Waals surface area contributed by atoms with Crippen LogP contribution in [0.5, 0.6) is 0 Å². The zero-order chi connectivity index (χ0) is 10.7. The Labute approximate surface area is 85.5 Å². The van der Waals surface area contributed by atoms with Crippen molar-refractivity contribution >= 4 is 11.7 Å². The van der Waals surface area contributed by atoms with Gasteiger partial charge in [-0.1, -0.05) is 13.8 Å². The number of hydrogen-bond acceptors (Lipinski definition) is 2. The lowest BCUT2D eigenvalue weighted by Crippen LogP contribution is -2.39. The van der Waals surface area contributed by atoms with Crippen LogP contribution in [0.4, 0.5) is 0 Å². The molecule has 0 bridgehead atoms.